The van der Waals surface area contributed by atoms with Crippen LogP contribution in [0.4, 0.5) is 0 Å². The van der Waals surface area contributed by atoms with E-state index in [1.165, 1.54) is 0 Å². The number of nitrogens with zero attached hydrogens (tertiary/aromatic N) is 5. The van der Waals surface area contributed by atoms with Gasteiger partial charge in [0.1, 0.15) is 5.82 Å². The summed E-state index contributed by atoms with van der Waals surface area (Å²) < 4.78 is 7.08. The van der Waals surface area contributed by atoms with Gasteiger partial charge in [0, 0.05) is 50.3 Å². The molecule has 0 saturated carbocycles. The van der Waals surface area contributed by atoms with Gasteiger partial charge < -0.3 is 9.64 Å². The first kappa shape index (κ1) is 18.6. The van der Waals surface area contributed by atoms with Gasteiger partial charge in [-0.05, 0) is 25.8 Å². The topological polar surface area (TPSA) is 73.1 Å². The van der Waals surface area contributed by atoms with E-state index in [0.29, 0.717) is 31.3 Å². The molecule has 1 amide bonds. The maximum Gasteiger partial charge on any atom is 0.275 e. The summed E-state index contributed by atoms with van der Waals surface area (Å²) in [7, 11) is 3.56. The highest BCUT2D eigenvalue weighted by atomic mass is 16.5. The molecular weight excluding hydrogens is 354 g/mol. The van der Waals surface area contributed by atoms with Gasteiger partial charge in [0.15, 0.2) is 5.69 Å². The van der Waals surface area contributed by atoms with E-state index in [1.54, 1.807) is 11.8 Å². The van der Waals surface area contributed by atoms with Crippen molar-refractivity contribution < 1.29 is 9.53 Å². The van der Waals surface area contributed by atoms with Crippen LogP contribution in [0.5, 0.6) is 0 Å². The fourth-order valence-corrected chi connectivity index (χ4v) is 4.01. The predicted molar refractivity (Wildman–Crippen MR) is 106 cm³/mol. The summed E-state index contributed by atoms with van der Waals surface area (Å²) >= 11 is 0. The Hall–Kier alpha value is -2.80. The molecule has 7 nitrogen and oxygen atoms in total. The second-order valence-corrected chi connectivity index (χ2v) is 7.32. The molecule has 7 heteroatoms. The number of carbonyl (C=O) groups is 1. The zero-order valence-corrected chi connectivity index (χ0v) is 16.6. The number of hydrogen-bond donors (Lipinski definition) is 0. The molecule has 1 aliphatic heterocycles. The van der Waals surface area contributed by atoms with E-state index in [1.807, 2.05) is 49.3 Å². The minimum Gasteiger partial charge on any atom is -0.380 e. The van der Waals surface area contributed by atoms with E-state index >= 15 is 0 Å². The maximum atomic E-state index is 13.1. The van der Waals surface area contributed by atoms with Gasteiger partial charge in [-0.15, -0.1) is 0 Å². The van der Waals surface area contributed by atoms with Crippen LogP contribution in [0.25, 0.3) is 10.9 Å². The average molecular weight is 379 g/mol. The van der Waals surface area contributed by atoms with Gasteiger partial charge in [0.25, 0.3) is 5.91 Å². The van der Waals surface area contributed by atoms with Crippen LogP contribution in [0.2, 0.25) is 0 Å². The number of para-hydroxylation sites is 1. The van der Waals surface area contributed by atoms with E-state index in [0.717, 1.165) is 40.8 Å². The Labute approximate surface area is 164 Å². The van der Waals surface area contributed by atoms with Crippen molar-refractivity contribution in [3.63, 3.8) is 0 Å². The molecule has 2 aromatic heterocycles. The number of aryl methyl sites for hydroxylation is 2. The third-order valence-corrected chi connectivity index (χ3v) is 5.45. The number of fused-ring (bicyclic) bond motifs is 1. The number of amides is 1. The van der Waals surface area contributed by atoms with Crippen LogP contribution < -0.4 is 0 Å². The molecular formula is C21H25N5O2. The fraction of sp³-hybridized carbons (Fsp3) is 0.429. The molecule has 4 rings (SSSR count). The first-order chi connectivity index (χ1) is 13.6. The Morgan fingerprint density at radius 1 is 1.25 bits per heavy atom. The SMILES string of the molecule is COCc1cnc(C)nc1C1CCN(C(=O)c2nn(C)c3ccccc23)CC1. The Morgan fingerprint density at radius 2 is 2.00 bits per heavy atom. The molecule has 0 bridgehead atoms. The second-order valence-electron chi connectivity index (χ2n) is 7.32. The number of benzene rings is 1. The Kier molecular flexibility index (Phi) is 5.09. The molecule has 1 aromatic carbocycles. The summed E-state index contributed by atoms with van der Waals surface area (Å²) in [5, 5.41) is 5.39. The van der Waals surface area contributed by atoms with Gasteiger partial charge >= 0.3 is 0 Å². The number of ether oxygens (including phenoxy) is 1. The summed E-state index contributed by atoms with van der Waals surface area (Å²) in [6.45, 7) is 3.81. The van der Waals surface area contributed by atoms with Crippen molar-refractivity contribution >= 4 is 16.8 Å². The quantitative estimate of drug-likeness (QED) is 0.697. The minimum atomic E-state index is 0.00577. The molecule has 0 aliphatic carbocycles. The zero-order valence-electron chi connectivity index (χ0n) is 16.6. The third kappa shape index (κ3) is 3.38. The monoisotopic (exact) mass is 379 g/mol. The van der Waals surface area contributed by atoms with Crippen LogP contribution in [0, 0.1) is 6.92 Å². The Morgan fingerprint density at radius 3 is 2.75 bits per heavy atom. The first-order valence-corrected chi connectivity index (χ1v) is 9.61. The molecule has 0 spiro atoms. The predicted octanol–water partition coefficient (Wildman–Crippen LogP) is 2.84. The van der Waals surface area contributed by atoms with Crippen LogP contribution >= 0.6 is 0 Å². The molecule has 1 saturated heterocycles. The number of hydrogen-bond acceptors (Lipinski definition) is 5. The lowest BCUT2D eigenvalue weighted by Crippen LogP contribution is -2.38. The lowest BCUT2D eigenvalue weighted by Gasteiger charge is -2.32. The smallest absolute Gasteiger partial charge is 0.275 e. The van der Waals surface area contributed by atoms with Gasteiger partial charge in [0.2, 0.25) is 0 Å². The highest BCUT2D eigenvalue weighted by Crippen LogP contribution is 2.30. The van der Waals surface area contributed by atoms with E-state index in [9.17, 15) is 4.79 Å². The molecule has 146 valence electrons. The second kappa shape index (κ2) is 7.67. The number of carbonyl (C=O) groups excluding carboxylic acids is 1. The van der Waals surface area contributed by atoms with Crippen molar-refractivity contribution in [3.05, 3.63) is 53.2 Å². The van der Waals surface area contributed by atoms with Crippen molar-refractivity contribution in [2.75, 3.05) is 20.2 Å². The Balaban J connectivity index is 1.51. The standard InChI is InChI=1S/C21H25N5O2/c1-14-22-12-16(13-28-3)19(23-14)15-8-10-26(11-9-15)21(27)20-17-6-4-5-7-18(17)25(2)24-20/h4-7,12,15H,8-11,13H2,1-3H3. The van der Waals surface area contributed by atoms with Crippen molar-refractivity contribution in [3.8, 4) is 0 Å². The van der Waals surface area contributed by atoms with E-state index in [4.69, 9.17) is 4.74 Å². The molecule has 0 unspecified atom stereocenters. The summed E-state index contributed by atoms with van der Waals surface area (Å²) in [6.07, 6.45) is 3.62. The third-order valence-electron chi connectivity index (χ3n) is 5.45. The maximum absolute atomic E-state index is 13.1. The Bertz CT molecular complexity index is 1010. The first-order valence-electron chi connectivity index (χ1n) is 9.61. The van der Waals surface area contributed by atoms with Crippen LogP contribution in [-0.2, 0) is 18.4 Å². The fourth-order valence-electron chi connectivity index (χ4n) is 4.01. The molecule has 1 fully saturated rings. The molecule has 0 N–H and O–H groups in total. The highest BCUT2D eigenvalue weighted by molar-refractivity contribution is 6.04. The molecule has 0 radical (unpaired) electrons. The molecule has 28 heavy (non-hydrogen) atoms. The molecule has 0 atom stereocenters. The van der Waals surface area contributed by atoms with Gasteiger partial charge in [-0.1, -0.05) is 18.2 Å². The number of aromatic nitrogens is 4. The minimum absolute atomic E-state index is 0.00577. The van der Waals surface area contributed by atoms with Crippen molar-refractivity contribution in [1.82, 2.24) is 24.6 Å². The van der Waals surface area contributed by atoms with Gasteiger partial charge in [-0.2, -0.15) is 5.10 Å². The van der Waals surface area contributed by atoms with Gasteiger partial charge in [-0.3, -0.25) is 9.48 Å². The number of methoxy groups -OCH3 is 1. The number of piperidine rings is 1. The zero-order chi connectivity index (χ0) is 19.7. The van der Waals surface area contributed by atoms with E-state index in [-0.39, 0.29) is 5.91 Å². The van der Waals surface area contributed by atoms with Crippen LogP contribution in [0.15, 0.2) is 30.5 Å². The van der Waals surface area contributed by atoms with Gasteiger partial charge in [0.05, 0.1) is 17.8 Å². The lowest BCUT2D eigenvalue weighted by atomic mass is 9.90. The summed E-state index contributed by atoms with van der Waals surface area (Å²) in [4.78, 5) is 24.0. The van der Waals surface area contributed by atoms with Crippen LogP contribution in [-0.4, -0.2) is 50.8 Å². The van der Waals surface area contributed by atoms with E-state index in [2.05, 4.69) is 15.1 Å². The lowest BCUT2D eigenvalue weighted by molar-refractivity contribution is 0.0706. The largest absolute Gasteiger partial charge is 0.380 e. The highest BCUT2D eigenvalue weighted by Gasteiger charge is 2.29. The normalized spacial score (nSPS) is 15.3. The van der Waals surface area contributed by atoms with Crippen molar-refractivity contribution in [2.24, 2.45) is 7.05 Å². The molecule has 1 aliphatic rings. The number of likely N-dealkylation sites (tertiary alicyclic amines) is 1. The number of rotatable bonds is 4. The van der Waals surface area contributed by atoms with Crippen molar-refractivity contribution in [1.29, 1.82) is 0 Å². The van der Waals surface area contributed by atoms with E-state index < -0.39 is 0 Å². The summed E-state index contributed by atoms with van der Waals surface area (Å²) in [5.74, 6) is 1.09. The van der Waals surface area contributed by atoms with Crippen LogP contribution in [0.1, 0.15) is 46.3 Å². The average Bonchev–Trinajstić information content (AvgIpc) is 3.06. The van der Waals surface area contributed by atoms with Crippen molar-refractivity contribution in [2.45, 2.75) is 32.3 Å². The molecule has 3 aromatic rings. The van der Waals surface area contributed by atoms with Crippen LogP contribution in [0.3, 0.4) is 0 Å². The van der Waals surface area contributed by atoms with Gasteiger partial charge in [-0.25, -0.2) is 9.97 Å². The molecule has 3 heterocycles. The summed E-state index contributed by atoms with van der Waals surface area (Å²) in [6, 6.07) is 7.86. The summed E-state index contributed by atoms with van der Waals surface area (Å²) in [5.41, 5.74) is 3.61.